The van der Waals surface area contributed by atoms with Gasteiger partial charge in [0.2, 0.25) is 14.9 Å². The van der Waals surface area contributed by atoms with Gasteiger partial charge in [-0.3, -0.25) is 14.6 Å². The van der Waals surface area contributed by atoms with Gasteiger partial charge in [0.05, 0.1) is 17.2 Å². The summed E-state index contributed by atoms with van der Waals surface area (Å²) < 4.78 is 31.0. The van der Waals surface area contributed by atoms with Crippen molar-refractivity contribution in [3.63, 3.8) is 0 Å². The van der Waals surface area contributed by atoms with E-state index in [0.29, 0.717) is 13.1 Å². The molecular weight excluding hydrogens is 370 g/mol. The van der Waals surface area contributed by atoms with E-state index >= 15 is 0 Å². The number of carbonyl (C=O) groups is 2. The number of fused-ring (bicyclic) bond motifs is 1. The number of likely N-dealkylation sites (tertiary alicyclic amines) is 1. The average molecular weight is 393 g/mol. The molecule has 0 atom stereocenters. The molecule has 0 spiro atoms. The number of carbonyl (C=O) groups excluding carboxylic acids is 2. The molecule has 0 N–H and O–H groups in total. The summed E-state index contributed by atoms with van der Waals surface area (Å²) in [6.07, 6.45) is 3.70. The summed E-state index contributed by atoms with van der Waals surface area (Å²) in [6.45, 7) is 2.64. The Morgan fingerprint density at radius 3 is 2.44 bits per heavy atom. The Morgan fingerprint density at radius 1 is 1.11 bits per heavy atom. The minimum atomic E-state index is -4.06. The van der Waals surface area contributed by atoms with E-state index in [0.717, 1.165) is 25.7 Å². The van der Waals surface area contributed by atoms with E-state index in [1.54, 1.807) is 30.0 Å². The normalized spacial score (nSPS) is 18.9. The Balaban J connectivity index is 1.99. The lowest BCUT2D eigenvalue weighted by molar-refractivity contribution is -0.141. The molecule has 3 rings (SSSR count). The van der Waals surface area contributed by atoms with Crippen molar-refractivity contribution in [1.29, 1.82) is 0 Å². The lowest BCUT2D eigenvalue weighted by Gasteiger charge is -2.28. The van der Waals surface area contributed by atoms with E-state index in [1.165, 1.54) is 11.1 Å². The standard InChI is InChI=1S/C18H23N3O5S/c1-2-26-16(22)13-21-14-9-5-6-10-15(14)27(24,25)17(19-21)18(23)20-11-7-3-4-8-12-20/h5-6,9-10H,2-4,7-8,11-13H2,1H3. The maximum Gasteiger partial charge on any atom is 0.327 e. The molecular formula is C18H23N3O5S. The van der Waals surface area contributed by atoms with Crippen LogP contribution in [0.25, 0.3) is 0 Å². The first kappa shape index (κ1) is 19.3. The average Bonchev–Trinajstić information content (AvgIpc) is 2.93. The Hall–Kier alpha value is -2.42. The van der Waals surface area contributed by atoms with Crippen molar-refractivity contribution in [2.24, 2.45) is 5.10 Å². The van der Waals surface area contributed by atoms with E-state index in [9.17, 15) is 18.0 Å². The van der Waals surface area contributed by atoms with Gasteiger partial charge in [0.25, 0.3) is 5.91 Å². The van der Waals surface area contributed by atoms with Crippen molar-refractivity contribution < 1.29 is 22.7 Å². The van der Waals surface area contributed by atoms with Crippen LogP contribution >= 0.6 is 0 Å². The van der Waals surface area contributed by atoms with Gasteiger partial charge in [0, 0.05) is 13.1 Å². The van der Waals surface area contributed by atoms with Crippen molar-refractivity contribution in [1.82, 2.24) is 4.90 Å². The number of esters is 1. The first-order valence-corrected chi connectivity index (χ1v) is 10.6. The van der Waals surface area contributed by atoms with Gasteiger partial charge in [0.1, 0.15) is 6.54 Å². The van der Waals surface area contributed by atoms with Crippen LogP contribution < -0.4 is 5.01 Å². The van der Waals surface area contributed by atoms with E-state index in [1.807, 2.05) is 0 Å². The van der Waals surface area contributed by atoms with E-state index in [4.69, 9.17) is 4.74 Å². The van der Waals surface area contributed by atoms with Gasteiger partial charge in [-0.2, -0.15) is 5.10 Å². The second-order valence-electron chi connectivity index (χ2n) is 6.45. The summed E-state index contributed by atoms with van der Waals surface area (Å²) in [6, 6.07) is 6.22. The Kier molecular flexibility index (Phi) is 5.79. The highest BCUT2D eigenvalue weighted by molar-refractivity contribution is 8.08. The molecule has 0 unspecified atom stereocenters. The van der Waals surface area contributed by atoms with Gasteiger partial charge in [-0.15, -0.1) is 0 Å². The highest BCUT2D eigenvalue weighted by atomic mass is 32.2. The summed E-state index contributed by atoms with van der Waals surface area (Å²) in [7, 11) is -4.06. The third kappa shape index (κ3) is 3.97. The summed E-state index contributed by atoms with van der Waals surface area (Å²) in [5.74, 6) is -1.16. The van der Waals surface area contributed by atoms with Crippen LogP contribution in [0.5, 0.6) is 0 Å². The SMILES string of the molecule is CCOC(=O)CN1N=C(C(=O)N2CCCCCC2)S(=O)(=O)c2ccccc21. The molecule has 1 amide bonds. The predicted molar refractivity (Wildman–Crippen MR) is 100 cm³/mol. The molecule has 0 bridgehead atoms. The van der Waals surface area contributed by atoms with Crippen LogP contribution in [0.1, 0.15) is 32.6 Å². The molecule has 0 saturated carbocycles. The minimum absolute atomic E-state index is 0.0255. The molecule has 1 fully saturated rings. The molecule has 27 heavy (non-hydrogen) atoms. The summed E-state index contributed by atoms with van der Waals surface area (Å²) in [5.41, 5.74) is 0.262. The molecule has 1 saturated heterocycles. The lowest BCUT2D eigenvalue weighted by Crippen LogP contribution is -2.44. The minimum Gasteiger partial charge on any atom is -0.465 e. The zero-order valence-electron chi connectivity index (χ0n) is 15.3. The molecule has 1 aromatic rings. The topological polar surface area (TPSA) is 96.3 Å². The number of benzene rings is 1. The van der Waals surface area contributed by atoms with E-state index < -0.39 is 26.8 Å². The second kappa shape index (κ2) is 8.08. The summed E-state index contributed by atoms with van der Waals surface area (Å²) >= 11 is 0. The largest absolute Gasteiger partial charge is 0.465 e. The highest BCUT2D eigenvalue weighted by Gasteiger charge is 2.39. The van der Waals surface area contributed by atoms with Crippen LogP contribution in [0.3, 0.4) is 0 Å². The van der Waals surface area contributed by atoms with Gasteiger partial charge in [-0.1, -0.05) is 25.0 Å². The number of sulfone groups is 1. The van der Waals surface area contributed by atoms with Crippen molar-refractivity contribution in [2.75, 3.05) is 31.3 Å². The molecule has 1 aromatic carbocycles. The van der Waals surface area contributed by atoms with E-state index in [-0.39, 0.29) is 23.7 Å². The van der Waals surface area contributed by atoms with Gasteiger partial charge >= 0.3 is 5.97 Å². The molecule has 9 heteroatoms. The molecule has 146 valence electrons. The fourth-order valence-corrected chi connectivity index (χ4v) is 4.72. The summed E-state index contributed by atoms with van der Waals surface area (Å²) in [5, 5.41) is 4.77. The number of ether oxygens (including phenoxy) is 1. The molecule has 2 aliphatic rings. The number of nitrogens with zero attached hydrogens (tertiary/aromatic N) is 3. The number of rotatable bonds is 4. The molecule has 2 heterocycles. The van der Waals surface area contributed by atoms with Crippen molar-refractivity contribution in [3.8, 4) is 0 Å². The number of hydrogen-bond acceptors (Lipinski definition) is 7. The quantitative estimate of drug-likeness (QED) is 0.720. The van der Waals surface area contributed by atoms with Crippen molar-refractivity contribution in [3.05, 3.63) is 24.3 Å². The molecule has 0 radical (unpaired) electrons. The molecule has 0 aromatic heterocycles. The number of anilines is 1. The van der Waals surface area contributed by atoms with Crippen LogP contribution in [0, 0.1) is 0 Å². The van der Waals surface area contributed by atoms with Crippen molar-refractivity contribution >= 4 is 32.4 Å². The maximum atomic E-state index is 13.0. The molecule has 2 aliphatic heterocycles. The van der Waals surface area contributed by atoms with E-state index in [2.05, 4.69) is 5.10 Å². The molecule has 8 nitrogen and oxygen atoms in total. The summed E-state index contributed by atoms with van der Waals surface area (Å²) in [4.78, 5) is 26.4. The number of para-hydroxylation sites is 1. The molecule has 0 aliphatic carbocycles. The first-order valence-electron chi connectivity index (χ1n) is 9.10. The maximum absolute atomic E-state index is 13.0. The fourth-order valence-electron chi connectivity index (χ4n) is 3.24. The number of amides is 1. The highest BCUT2D eigenvalue weighted by Crippen LogP contribution is 2.32. The zero-order chi connectivity index (χ0) is 19.4. The van der Waals surface area contributed by atoms with Gasteiger partial charge < -0.3 is 9.64 Å². The zero-order valence-corrected chi connectivity index (χ0v) is 16.1. The number of hydrogen-bond donors (Lipinski definition) is 0. The smallest absolute Gasteiger partial charge is 0.327 e. The van der Waals surface area contributed by atoms with Gasteiger partial charge in [-0.05, 0) is 31.9 Å². The van der Waals surface area contributed by atoms with Crippen LogP contribution in [-0.2, 0) is 24.2 Å². The van der Waals surface area contributed by atoms with Crippen LogP contribution in [0.15, 0.2) is 34.3 Å². The Bertz CT molecular complexity index is 858. The fraction of sp³-hybridized carbons (Fsp3) is 0.500. The van der Waals surface area contributed by atoms with Crippen LogP contribution in [-0.4, -0.2) is 56.5 Å². The second-order valence-corrected chi connectivity index (χ2v) is 8.28. The van der Waals surface area contributed by atoms with Crippen molar-refractivity contribution in [2.45, 2.75) is 37.5 Å². The van der Waals surface area contributed by atoms with Gasteiger partial charge in [-0.25, -0.2) is 8.42 Å². The Morgan fingerprint density at radius 2 is 1.78 bits per heavy atom. The monoisotopic (exact) mass is 393 g/mol. The lowest BCUT2D eigenvalue weighted by atomic mass is 10.2. The van der Waals surface area contributed by atoms with Gasteiger partial charge in [0.15, 0.2) is 0 Å². The first-order chi connectivity index (χ1) is 12.9. The Labute approximate surface area is 158 Å². The van der Waals surface area contributed by atoms with Crippen LogP contribution in [0.2, 0.25) is 0 Å². The van der Waals surface area contributed by atoms with Crippen LogP contribution in [0.4, 0.5) is 5.69 Å². The third-order valence-electron chi connectivity index (χ3n) is 4.56. The predicted octanol–water partition coefficient (Wildman–Crippen LogP) is 1.56. The third-order valence-corrected chi connectivity index (χ3v) is 6.25. The number of hydrazone groups is 1.